The molecule has 6 nitrogen and oxygen atoms in total. The fourth-order valence-corrected chi connectivity index (χ4v) is 5.95. The van der Waals surface area contributed by atoms with Gasteiger partial charge in [-0.25, -0.2) is 0 Å². The highest BCUT2D eigenvalue weighted by Gasteiger charge is 2.65. The molecular weight excluding hydrogens is 251 g/mol. The number of hydrogen-bond acceptors (Lipinski definition) is 5. The summed E-state index contributed by atoms with van der Waals surface area (Å²) in [5.41, 5.74) is 5.65. The quantitative estimate of drug-likeness (QED) is 0.546. The molecule has 2 aliphatic rings. The minimum Gasteiger partial charge on any atom is -0.323 e. The summed E-state index contributed by atoms with van der Waals surface area (Å²) in [6.07, 6.45) is 0. The van der Waals surface area contributed by atoms with E-state index in [9.17, 15) is 14.3 Å². The van der Waals surface area contributed by atoms with Gasteiger partial charge in [-0.3, -0.25) is 9.36 Å². The van der Waals surface area contributed by atoms with Gasteiger partial charge in [0.2, 0.25) is 5.91 Å². The molecule has 3 unspecified atom stereocenters. The van der Waals surface area contributed by atoms with Crippen LogP contribution in [0, 0.1) is 0 Å². The monoisotopic (exact) mass is 266 g/mol. The first-order chi connectivity index (χ1) is 7.22. The predicted octanol–water partition coefficient (Wildman–Crippen LogP) is 0.165. The number of thioether (sulfide) groups is 1. The number of hydrogen-bond donors (Lipinski definition) is 2. The minimum absolute atomic E-state index is 0.205. The second-order valence-electron chi connectivity index (χ2n) is 4.50. The van der Waals surface area contributed by atoms with Crippen molar-refractivity contribution in [3.05, 3.63) is 0 Å². The molecule has 0 aromatic carbocycles. The third-order valence-corrected chi connectivity index (χ3v) is 6.80. The Labute approximate surface area is 98.0 Å². The van der Waals surface area contributed by atoms with Crippen LogP contribution in [0.3, 0.4) is 0 Å². The number of β-lactam (4-membered cyclic amide) rings is 1. The molecule has 0 radical (unpaired) electrons. The summed E-state index contributed by atoms with van der Waals surface area (Å²) < 4.78 is 16.1. The van der Waals surface area contributed by atoms with Gasteiger partial charge in [-0.2, -0.15) is 0 Å². The lowest BCUT2D eigenvalue weighted by atomic mass is 10.1. The van der Waals surface area contributed by atoms with Gasteiger partial charge in [0, 0.05) is 11.9 Å². The Bertz CT molecular complexity index is 388. The average Bonchev–Trinajstić information content (AvgIpc) is 2.47. The van der Waals surface area contributed by atoms with E-state index < -0.39 is 24.2 Å². The van der Waals surface area contributed by atoms with Crippen molar-refractivity contribution in [2.45, 2.75) is 35.8 Å². The molecule has 2 saturated heterocycles. The number of amides is 1. The van der Waals surface area contributed by atoms with Gasteiger partial charge in [0.1, 0.15) is 17.2 Å². The Balaban J connectivity index is 2.37. The normalized spacial score (nSPS) is 40.2. The Morgan fingerprint density at radius 3 is 2.69 bits per heavy atom. The van der Waals surface area contributed by atoms with E-state index >= 15 is 0 Å². The average molecular weight is 266 g/mol. The maximum atomic E-state index is 11.9. The lowest BCUT2D eigenvalue weighted by Gasteiger charge is -2.43. The molecule has 3 N–H and O–H groups in total. The molecule has 16 heavy (non-hydrogen) atoms. The minimum atomic E-state index is -3.82. The van der Waals surface area contributed by atoms with Crippen LogP contribution in [0.5, 0.6) is 0 Å². The van der Waals surface area contributed by atoms with Gasteiger partial charge in [-0.15, -0.1) is 11.8 Å². The van der Waals surface area contributed by atoms with Gasteiger partial charge >= 0.3 is 7.60 Å². The Morgan fingerprint density at radius 2 is 2.19 bits per heavy atom. The maximum Gasteiger partial charge on any atom is 0.351 e. The fraction of sp³-hybridized carbons (Fsp3) is 0.875. The first kappa shape index (κ1) is 12.4. The molecule has 4 atom stereocenters. The van der Waals surface area contributed by atoms with Crippen LogP contribution in [0.2, 0.25) is 0 Å². The van der Waals surface area contributed by atoms with Crippen molar-refractivity contribution in [1.29, 1.82) is 0 Å². The van der Waals surface area contributed by atoms with Crippen LogP contribution in [0.25, 0.3) is 0 Å². The van der Waals surface area contributed by atoms with E-state index in [1.54, 1.807) is 0 Å². The SMILES string of the molecule is COP(=O)(O)C1N2C(=O)C(N)[C@@H]2SC1(C)C. The molecule has 92 valence electrons. The molecule has 2 fully saturated rings. The highest BCUT2D eigenvalue weighted by Crippen LogP contribution is 2.63. The largest absolute Gasteiger partial charge is 0.351 e. The van der Waals surface area contributed by atoms with Crippen molar-refractivity contribution in [3.63, 3.8) is 0 Å². The van der Waals surface area contributed by atoms with Crippen LogP contribution in [-0.2, 0) is 13.9 Å². The zero-order valence-corrected chi connectivity index (χ0v) is 11.0. The summed E-state index contributed by atoms with van der Waals surface area (Å²) in [5.74, 6) is -1.09. The fourth-order valence-electron chi connectivity index (χ4n) is 2.26. The van der Waals surface area contributed by atoms with E-state index in [0.717, 1.165) is 0 Å². The second kappa shape index (κ2) is 3.46. The molecule has 0 bridgehead atoms. The van der Waals surface area contributed by atoms with Crippen LogP contribution in [0.1, 0.15) is 13.8 Å². The van der Waals surface area contributed by atoms with Crippen LogP contribution in [0.15, 0.2) is 0 Å². The first-order valence-electron chi connectivity index (χ1n) is 4.86. The molecule has 2 rings (SSSR count). The van der Waals surface area contributed by atoms with Crippen LogP contribution < -0.4 is 5.73 Å². The van der Waals surface area contributed by atoms with E-state index in [1.165, 1.54) is 23.8 Å². The molecule has 0 aromatic heterocycles. The van der Waals surface area contributed by atoms with Crippen molar-refractivity contribution in [2.24, 2.45) is 5.73 Å². The summed E-state index contributed by atoms with van der Waals surface area (Å²) in [7, 11) is -2.64. The standard InChI is InChI=1S/C8H15N2O4PS/c1-8(2)7(15(12,13)14-3)10-5(11)4(9)6(10)16-8/h4,6-7H,9H2,1-3H3,(H,12,13)/t4?,6-,7?/m0/s1. The van der Waals surface area contributed by atoms with E-state index in [-0.39, 0.29) is 11.3 Å². The van der Waals surface area contributed by atoms with Gasteiger partial charge in [0.15, 0.2) is 0 Å². The Hall–Kier alpha value is -0.0700. The molecule has 0 saturated carbocycles. The zero-order chi connectivity index (χ0) is 12.3. The molecule has 2 heterocycles. The molecule has 2 aliphatic heterocycles. The van der Waals surface area contributed by atoms with Gasteiger partial charge in [0.05, 0.1) is 0 Å². The Morgan fingerprint density at radius 1 is 1.62 bits per heavy atom. The van der Waals surface area contributed by atoms with Crippen molar-refractivity contribution >= 4 is 25.3 Å². The molecule has 0 spiro atoms. The molecule has 1 amide bonds. The zero-order valence-electron chi connectivity index (χ0n) is 9.28. The van der Waals surface area contributed by atoms with Crippen molar-refractivity contribution < 1.29 is 18.8 Å². The summed E-state index contributed by atoms with van der Waals surface area (Å²) >= 11 is 1.45. The van der Waals surface area contributed by atoms with E-state index in [4.69, 9.17) is 5.73 Å². The van der Waals surface area contributed by atoms with Gasteiger partial charge < -0.3 is 20.1 Å². The highest BCUT2D eigenvalue weighted by atomic mass is 32.2. The van der Waals surface area contributed by atoms with Crippen LogP contribution in [0.4, 0.5) is 0 Å². The van der Waals surface area contributed by atoms with E-state index in [0.29, 0.717) is 0 Å². The number of nitrogens with zero attached hydrogens (tertiary/aromatic N) is 1. The van der Waals surface area contributed by atoms with E-state index in [2.05, 4.69) is 4.52 Å². The number of nitrogens with two attached hydrogens (primary N) is 1. The molecular formula is C8H15N2O4PS. The lowest BCUT2D eigenvalue weighted by molar-refractivity contribution is -0.145. The van der Waals surface area contributed by atoms with Gasteiger partial charge in [0.25, 0.3) is 0 Å². The number of rotatable bonds is 2. The predicted molar refractivity (Wildman–Crippen MR) is 60.9 cm³/mol. The van der Waals surface area contributed by atoms with Crippen molar-refractivity contribution in [1.82, 2.24) is 4.90 Å². The topological polar surface area (TPSA) is 92.9 Å². The summed E-state index contributed by atoms with van der Waals surface area (Å²) in [6.45, 7) is 3.64. The number of carbonyl (C=O) groups excluding carboxylic acids is 1. The summed E-state index contributed by atoms with van der Waals surface area (Å²) in [4.78, 5) is 22.8. The van der Waals surface area contributed by atoms with Gasteiger partial charge in [-0.1, -0.05) is 0 Å². The smallest absolute Gasteiger partial charge is 0.323 e. The second-order valence-corrected chi connectivity index (χ2v) is 8.26. The Kier molecular flexibility index (Phi) is 2.68. The third-order valence-electron chi connectivity index (χ3n) is 3.00. The van der Waals surface area contributed by atoms with E-state index in [1.807, 2.05) is 13.8 Å². The maximum absolute atomic E-state index is 11.9. The molecule has 0 aliphatic carbocycles. The lowest BCUT2D eigenvalue weighted by Crippen LogP contribution is -2.67. The molecule has 8 heteroatoms. The summed E-state index contributed by atoms with van der Waals surface area (Å²) in [5, 5.41) is -0.205. The first-order valence-corrected chi connectivity index (χ1v) is 7.39. The third kappa shape index (κ3) is 1.46. The van der Waals surface area contributed by atoms with Crippen molar-refractivity contribution in [3.8, 4) is 0 Å². The van der Waals surface area contributed by atoms with Crippen LogP contribution >= 0.6 is 19.4 Å². The summed E-state index contributed by atoms with van der Waals surface area (Å²) in [6, 6.07) is -0.564. The molecule has 0 aromatic rings. The highest BCUT2D eigenvalue weighted by molar-refractivity contribution is 8.02. The number of fused-ring (bicyclic) bond motifs is 1. The number of carbonyl (C=O) groups is 1. The van der Waals surface area contributed by atoms with Crippen LogP contribution in [-0.4, -0.2) is 44.8 Å². The van der Waals surface area contributed by atoms with Gasteiger partial charge in [-0.05, 0) is 13.8 Å². The van der Waals surface area contributed by atoms with Crippen molar-refractivity contribution in [2.75, 3.05) is 7.11 Å².